The predicted molar refractivity (Wildman–Crippen MR) is 43.1 cm³/mol. The SMILES string of the molecule is CCCC1(COC)CCC1. The third kappa shape index (κ3) is 1.51. The highest BCUT2D eigenvalue weighted by Gasteiger charge is 2.35. The van der Waals surface area contributed by atoms with Crippen molar-refractivity contribution in [1.29, 1.82) is 0 Å². The van der Waals surface area contributed by atoms with Gasteiger partial charge in [-0.05, 0) is 24.7 Å². The zero-order valence-electron chi connectivity index (χ0n) is 7.15. The molecule has 0 atom stereocenters. The van der Waals surface area contributed by atoms with Crippen LogP contribution in [0.1, 0.15) is 39.0 Å². The van der Waals surface area contributed by atoms with Crippen LogP contribution in [0.3, 0.4) is 0 Å². The summed E-state index contributed by atoms with van der Waals surface area (Å²) in [6, 6.07) is 0. The topological polar surface area (TPSA) is 9.23 Å². The molecule has 10 heavy (non-hydrogen) atoms. The van der Waals surface area contributed by atoms with Gasteiger partial charge >= 0.3 is 0 Å². The summed E-state index contributed by atoms with van der Waals surface area (Å²) in [5.41, 5.74) is 0.601. The Balaban J connectivity index is 2.27. The summed E-state index contributed by atoms with van der Waals surface area (Å²) in [5.74, 6) is 0. The van der Waals surface area contributed by atoms with E-state index in [-0.39, 0.29) is 0 Å². The van der Waals surface area contributed by atoms with Gasteiger partial charge in [0.05, 0.1) is 6.61 Å². The zero-order chi connectivity index (χ0) is 7.45. The lowest BCUT2D eigenvalue weighted by Crippen LogP contribution is -2.33. The molecule has 0 bridgehead atoms. The van der Waals surface area contributed by atoms with Crippen LogP contribution in [-0.4, -0.2) is 13.7 Å². The van der Waals surface area contributed by atoms with E-state index >= 15 is 0 Å². The number of hydrogen-bond acceptors (Lipinski definition) is 1. The molecule has 0 N–H and O–H groups in total. The van der Waals surface area contributed by atoms with Gasteiger partial charge in [-0.25, -0.2) is 0 Å². The Labute approximate surface area is 63.8 Å². The molecule has 0 aromatic carbocycles. The van der Waals surface area contributed by atoms with Gasteiger partial charge in [0, 0.05) is 7.11 Å². The van der Waals surface area contributed by atoms with E-state index in [2.05, 4.69) is 6.92 Å². The van der Waals surface area contributed by atoms with Crippen LogP contribution in [0, 0.1) is 5.41 Å². The molecule has 1 fully saturated rings. The molecule has 1 nitrogen and oxygen atoms in total. The fraction of sp³-hybridized carbons (Fsp3) is 1.00. The fourth-order valence-electron chi connectivity index (χ4n) is 1.98. The highest BCUT2D eigenvalue weighted by molar-refractivity contribution is 4.86. The normalized spacial score (nSPS) is 22.2. The summed E-state index contributed by atoms with van der Waals surface area (Å²) in [7, 11) is 1.82. The Hall–Kier alpha value is -0.0400. The Morgan fingerprint density at radius 1 is 1.40 bits per heavy atom. The van der Waals surface area contributed by atoms with Gasteiger partial charge in [0.1, 0.15) is 0 Å². The Morgan fingerprint density at radius 2 is 2.10 bits per heavy atom. The smallest absolute Gasteiger partial charge is 0.0518 e. The Bertz CT molecular complexity index is 86.9. The zero-order valence-corrected chi connectivity index (χ0v) is 7.15. The van der Waals surface area contributed by atoms with Crippen LogP contribution in [0.5, 0.6) is 0 Å². The molecule has 1 heteroatoms. The van der Waals surface area contributed by atoms with E-state index in [4.69, 9.17) is 4.74 Å². The number of methoxy groups -OCH3 is 1. The van der Waals surface area contributed by atoms with Crippen LogP contribution in [0.25, 0.3) is 0 Å². The van der Waals surface area contributed by atoms with E-state index in [1.165, 1.54) is 32.1 Å². The quantitative estimate of drug-likeness (QED) is 0.586. The number of ether oxygens (including phenoxy) is 1. The molecule has 1 saturated carbocycles. The van der Waals surface area contributed by atoms with Gasteiger partial charge in [-0.15, -0.1) is 0 Å². The minimum atomic E-state index is 0.601. The first-order valence-electron chi connectivity index (χ1n) is 4.32. The summed E-state index contributed by atoms with van der Waals surface area (Å²) in [4.78, 5) is 0. The molecular formula is C9H18O. The monoisotopic (exact) mass is 142 g/mol. The van der Waals surface area contributed by atoms with Crippen molar-refractivity contribution in [3.05, 3.63) is 0 Å². The molecule has 0 unspecified atom stereocenters. The van der Waals surface area contributed by atoms with E-state index in [0.29, 0.717) is 5.41 Å². The standard InChI is InChI=1S/C9H18O/c1-3-5-9(8-10-2)6-4-7-9/h3-8H2,1-2H3. The van der Waals surface area contributed by atoms with Crippen LogP contribution in [0.15, 0.2) is 0 Å². The van der Waals surface area contributed by atoms with E-state index in [9.17, 15) is 0 Å². The second-order valence-corrected chi connectivity index (χ2v) is 3.54. The van der Waals surface area contributed by atoms with E-state index in [1.54, 1.807) is 0 Å². The maximum Gasteiger partial charge on any atom is 0.0518 e. The molecule has 0 spiro atoms. The van der Waals surface area contributed by atoms with Crippen molar-refractivity contribution in [3.8, 4) is 0 Å². The Morgan fingerprint density at radius 3 is 2.40 bits per heavy atom. The average Bonchev–Trinajstić information content (AvgIpc) is 1.84. The van der Waals surface area contributed by atoms with Gasteiger partial charge in [0.15, 0.2) is 0 Å². The highest BCUT2D eigenvalue weighted by Crippen LogP contribution is 2.44. The average molecular weight is 142 g/mol. The molecule has 1 aliphatic carbocycles. The lowest BCUT2D eigenvalue weighted by atomic mass is 9.67. The molecule has 0 radical (unpaired) electrons. The summed E-state index contributed by atoms with van der Waals surface area (Å²) in [6.45, 7) is 3.25. The van der Waals surface area contributed by atoms with Crippen LogP contribution in [0.4, 0.5) is 0 Å². The molecular weight excluding hydrogens is 124 g/mol. The van der Waals surface area contributed by atoms with Crippen molar-refractivity contribution in [2.45, 2.75) is 39.0 Å². The lowest BCUT2D eigenvalue weighted by molar-refractivity contribution is 0.00990. The predicted octanol–water partition coefficient (Wildman–Crippen LogP) is 2.60. The summed E-state index contributed by atoms with van der Waals surface area (Å²) < 4.78 is 5.20. The first-order valence-corrected chi connectivity index (χ1v) is 4.32. The van der Waals surface area contributed by atoms with Crippen molar-refractivity contribution in [1.82, 2.24) is 0 Å². The van der Waals surface area contributed by atoms with Gasteiger partial charge in [0.25, 0.3) is 0 Å². The van der Waals surface area contributed by atoms with Crippen molar-refractivity contribution in [2.24, 2.45) is 5.41 Å². The summed E-state index contributed by atoms with van der Waals surface area (Å²) in [5, 5.41) is 0. The Kier molecular flexibility index (Phi) is 2.72. The molecule has 0 aliphatic heterocycles. The van der Waals surface area contributed by atoms with Crippen molar-refractivity contribution >= 4 is 0 Å². The molecule has 1 rings (SSSR count). The van der Waals surface area contributed by atoms with Gasteiger partial charge in [0.2, 0.25) is 0 Å². The largest absolute Gasteiger partial charge is 0.384 e. The highest BCUT2D eigenvalue weighted by atomic mass is 16.5. The van der Waals surface area contributed by atoms with E-state index < -0.39 is 0 Å². The molecule has 60 valence electrons. The third-order valence-corrected chi connectivity index (χ3v) is 2.65. The third-order valence-electron chi connectivity index (χ3n) is 2.65. The van der Waals surface area contributed by atoms with Gasteiger partial charge in [-0.2, -0.15) is 0 Å². The van der Waals surface area contributed by atoms with Crippen LogP contribution in [0.2, 0.25) is 0 Å². The second-order valence-electron chi connectivity index (χ2n) is 3.54. The first kappa shape index (κ1) is 8.06. The lowest BCUT2D eigenvalue weighted by Gasteiger charge is -2.41. The second kappa shape index (κ2) is 3.38. The van der Waals surface area contributed by atoms with Crippen LogP contribution in [-0.2, 0) is 4.74 Å². The van der Waals surface area contributed by atoms with Crippen molar-refractivity contribution in [2.75, 3.05) is 13.7 Å². The molecule has 0 saturated heterocycles. The van der Waals surface area contributed by atoms with Gasteiger partial charge in [-0.1, -0.05) is 19.8 Å². The minimum absolute atomic E-state index is 0.601. The number of hydrogen-bond donors (Lipinski definition) is 0. The maximum atomic E-state index is 5.20. The summed E-state index contributed by atoms with van der Waals surface area (Å²) in [6.07, 6.45) is 6.89. The van der Waals surface area contributed by atoms with E-state index in [1.807, 2.05) is 7.11 Å². The van der Waals surface area contributed by atoms with E-state index in [0.717, 1.165) is 6.61 Å². The minimum Gasteiger partial charge on any atom is -0.384 e. The molecule has 0 aromatic rings. The van der Waals surface area contributed by atoms with Crippen molar-refractivity contribution < 1.29 is 4.74 Å². The van der Waals surface area contributed by atoms with Crippen LogP contribution < -0.4 is 0 Å². The van der Waals surface area contributed by atoms with Gasteiger partial charge < -0.3 is 4.74 Å². The van der Waals surface area contributed by atoms with Gasteiger partial charge in [-0.3, -0.25) is 0 Å². The molecule has 0 amide bonds. The maximum absolute atomic E-state index is 5.20. The summed E-state index contributed by atoms with van der Waals surface area (Å²) >= 11 is 0. The fourth-order valence-corrected chi connectivity index (χ4v) is 1.98. The number of rotatable bonds is 4. The van der Waals surface area contributed by atoms with Crippen LogP contribution >= 0.6 is 0 Å². The first-order chi connectivity index (χ1) is 4.83. The molecule has 0 aromatic heterocycles. The van der Waals surface area contributed by atoms with Crippen molar-refractivity contribution in [3.63, 3.8) is 0 Å². The molecule has 1 aliphatic rings. The molecule has 0 heterocycles.